The Labute approximate surface area is 152 Å². The molecule has 0 aliphatic carbocycles. The first-order chi connectivity index (χ1) is 12.6. The fourth-order valence-corrected chi connectivity index (χ4v) is 3.09. The second kappa shape index (κ2) is 8.47. The highest BCUT2D eigenvalue weighted by Crippen LogP contribution is 2.18. The highest BCUT2D eigenvalue weighted by molar-refractivity contribution is 5.95. The van der Waals surface area contributed by atoms with Gasteiger partial charge in [0.05, 0.1) is 5.56 Å². The molecule has 1 aromatic carbocycles. The highest BCUT2D eigenvalue weighted by Gasteiger charge is 2.12. The minimum atomic E-state index is -1.00. The van der Waals surface area contributed by atoms with Gasteiger partial charge in [-0.15, -0.1) is 0 Å². The Morgan fingerprint density at radius 3 is 2.31 bits per heavy atom. The molecule has 2 heterocycles. The molecule has 0 unspecified atom stereocenters. The smallest absolute Gasteiger partial charge is 0.335 e. The monoisotopic (exact) mass is 353 g/mol. The van der Waals surface area contributed by atoms with Crippen molar-refractivity contribution < 1.29 is 14.7 Å². The predicted molar refractivity (Wildman–Crippen MR) is 99.5 cm³/mol. The molecule has 1 fully saturated rings. The standard InChI is InChI=1S/C20H23N3O3/c24-19(16-5-7-17(8-6-16)20(25)26)22-14-15-9-10-21-18(13-15)23-11-3-1-2-4-12-23/h5-10,13H,1-4,11-12,14H2,(H,22,24)(H,25,26). The van der Waals surface area contributed by atoms with Crippen molar-refractivity contribution in [2.24, 2.45) is 0 Å². The number of amides is 1. The largest absolute Gasteiger partial charge is 0.478 e. The van der Waals surface area contributed by atoms with E-state index in [-0.39, 0.29) is 11.5 Å². The number of rotatable bonds is 5. The van der Waals surface area contributed by atoms with Crippen LogP contribution >= 0.6 is 0 Å². The van der Waals surface area contributed by atoms with E-state index in [9.17, 15) is 9.59 Å². The minimum absolute atomic E-state index is 0.165. The zero-order valence-corrected chi connectivity index (χ0v) is 14.6. The first-order valence-corrected chi connectivity index (χ1v) is 8.95. The Hall–Kier alpha value is -2.89. The lowest BCUT2D eigenvalue weighted by Gasteiger charge is -2.21. The van der Waals surface area contributed by atoms with Gasteiger partial charge in [-0.2, -0.15) is 0 Å². The van der Waals surface area contributed by atoms with E-state index >= 15 is 0 Å². The normalized spacial score (nSPS) is 14.5. The molecule has 1 aromatic heterocycles. The van der Waals surface area contributed by atoms with Crippen molar-refractivity contribution in [1.29, 1.82) is 0 Å². The maximum Gasteiger partial charge on any atom is 0.335 e. The van der Waals surface area contributed by atoms with E-state index in [1.807, 2.05) is 12.1 Å². The molecule has 0 bridgehead atoms. The molecule has 6 nitrogen and oxygen atoms in total. The second-order valence-electron chi connectivity index (χ2n) is 6.49. The molecule has 2 N–H and O–H groups in total. The number of hydrogen-bond acceptors (Lipinski definition) is 4. The Morgan fingerprint density at radius 1 is 1.00 bits per heavy atom. The molecule has 1 aliphatic rings. The van der Waals surface area contributed by atoms with Crippen LogP contribution in [-0.2, 0) is 6.54 Å². The van der Waals surface area contributed by atoms with Gasteiger partial charge in [0.2, 0.25) is 0 Å². The van der Waals surface area contributed by atoms with Crippen molar-refractivity contribution in [2.75, 3.05) is 18.0 Å². The summed E-state index contributed by atoms with van der Waals surface area (Å²) in [6.45, 7) is 2.46. The van der Waals surface area contributed by atoms with Crippen molar-refractivity contribution in [1.82, 2.24) is 10.3 Å². The van der Waals surface area contributed by atoms with E-state index in [1.54, 1.807) is 6.20 Å². The van der Waals surface area contributed by atoms with E-state index < -0.39 is 5.97 Å². The third-order valence-corrected chi connectivity index (χ3v) is 4.59. The van der Waals surface area contributed by atoms with Crippen molar-refractivity contribution in [3.63, 3.8) is 0 Å². The molecule has 0 atom stereocenters. The van der Waals surface area contributed by atoms with Gasteiger partial charge >= 0.3 is 5.97 Å². The molecule has 1 amide bonds. The lowest BCUT2D eigenvalue weighted by molar-refractivity contribution is 0.0696. The molecular formula is C20H23N3O3. The number of pyridine rings is 1. The molecule has 6 heteroatoms. The molecule has 0 radical (unpaired) electrons. The van der Waals surface area contributed by atoms with Gasteiger partial charge in [0.15, 0.2) is 0 Å². The number of benzene rings is 1. The summed E-state index contributed by atoms with van der Waals surface area (Å²) in [6.07, 6.45) is 6.70. The number of anilines is 1. The summed E-state index contributed by atoms with van der Waals surface area (Å²) in [5.41, 5.74) is 1.60. The summed E-state index contributed by atoms with van der Waals surface area (Å²) in [5.74, 6) is -0.269. The topological polar surface area (TPSA) is 82.5 Å². The summed E-state index contributed by atoms with van der Waals surface area (Å²) in [5, 5.41) is 11.8. The van der Waals surface area contributed by atoms with Gasteiger partial charge in [-0.25, -0.2) is 9.78 Å². The van der Waals surface area contributed by atoms with Crippen molar-refractivity contribution in [3.8, 4) is 0 Å². The minimum Gasteiger partial charge on any atom is -0.478 e. The summed E-state index contributed by atoms with van der Waals surface area (Å²) in [7, 11) is 0. The third kappa shape index (κ3) is 4.59. The predicted octanol–water partition coefficient (Wildman–Crippen LogP) is 3.09. The van der Waals surface area contributed by atoms with Gasteiger partial charge in [-0.1, -0.05) is 12.8 Å². The van der Waals surface area contributed by atoms with E-state index in [2.05, 4.69) is 15.2 Å². The van der Waals surface area contributed by atoms with Crippen LogP contribution in [0.3, 0.4) is 0 Å². The molecule has 0 saturated carbocycles. The van der Waals surface area contributed by atoms with Gasteiger partial charge in [-0.05, 0) is 54.8 Å². The van der Waals surface area contributed by atoms with Crippen LogP contribution in [-0.4, -0.2) is 35.1 Å². The lowest BCUT2D eigenvalue weighted by Crippen LogP contribution is -2.26. The van der Waals surface area contributed by atoms with Gasteiger partial charge in [0.1, 0.15) is 5.82 Å². The molecule has 26 heavy (non-hydrogen) atoms. The van der Waals surface area contributed by atoms with Gasteiger partial charge in [0, 0.05) is 31.4 Å². The summed E-state index contributed by atoms with van der Waals surface area (Å²) < 4.78 is 0. The summed E-state index contributed by atoms with van der Waals surface area (Å²) >= 11 is 0. The van der Waals surface area contributed by atoms with Crippen LogP contribution in [0.15, 0.2) is 42.6 Å². The Balaban J connectivity index is 1.61. The zero-order valence-electron chi connectivity index (χ0n) is 14.6. The fraction of sp³-hybridized carbons (Fsp3) is 0.350. The molecule has 1 saturated heterocycles. The molecule has 136 valence electrons. The number of carbonyl (C=O) groups is 2. The molecule has 2 aromatic rings. The summed E-state index contributed by atoms with van der Waals surface area (Å²) in [6, 6.07) is 9.83. The highest BCUT2D eigenvalue weighted by atomic mass is 16.4. The third-order valence-electron chi connectivity index (χ3n) is 4.59. The number of carboxylic acid groups (broad SMARTS) is 1. The van der Waals surface area contributed by atoms with Crippen molar-refractivity contribution in [3.05, 3.63) is 59.3 Å². The second-order valence-corrected chi connectivity index (χ2v) is 6.49. The number of nitrogens with zero attached hydrogens (tertiary/aromatic N) is 2. The van der Waals surface area contributed by atoms with E-state index in [0.29, 0.717) is 12.1 Å². The average Bonchev–Trinajstić information content (AvgIpc) is 2.96. The summed E-state index contributed by atoms with van der Waals surface area (Å²) in [4.78, 5) is 29.9. The Morgan fingerprint density at radius 2 is 1.65 bits per heavy atom. The average molecular weight is 353 g/mol. The number of aromatic carboxylic acids is 1. The zero-order chi connectivity index (χ0) is 18.4. The quantitative estimate of drug-likeness (QED) is 0.863. The van der Waals surface area contributed by atoms with Crippen LogP contribution in [0.5, 0.6) is 0 Å². The van der Waals surface area contributed by atoms with E-state index in [0.717, 1.165) is 24.5 Å². The van der Waals surface area contributed by atoms with Crippen LogP contribution in [0.4, 0.5) is 5.82 Å². The van der Waals surface area contributed by atoms with Crippen molar-refractivity contribution in [2.45, 2.75) is 32.2 Å². The number of carboxylic acids is 1. The van der Waals surface area contributed by atoms with Gasteiger partial charge in [0.25, 0.3) is 5.91 Å². The van der Waals surface area contributed by atoms with Gasteiger partial charge in [-0.3, -0.25) is 4.79 Å². The Bertz CT molecular complexity index is 766. The first kappa shape index (κ1) is 17.9. The van der Waals surface area contributed by atoms with Crippen LogP contribution in [0.2, 0.25) is 0 Å². The number of nitrogens with one attached hydrogen (secondary N) is 1. The maximum atomic E-state index is 12.2. The maximum absolute atomic E-state index is 12.2. The van der Waals surface area contributed by atoms with E-state index in [1.165, 1.54) is 49.9 Å². The van der Waals surface area contributed by atoms with Crippen LogP contribution in [0.1, 0.15) is 52.0 Å². The Kier molecular flexibility index (Phi) is 5.84. The number of aromatic nitrogens is 1. The SMILES string of the molecule is O=C(O)c1ccc(C(=O)NCc2ccnc(N3CCCCCC3)c2)cc1. The number of carbonyl (C=O) groups excluding carboxylic acids is 1. The number of hydrogen-bond donors (Lipinski definition) is 2. The van der Waals surface area contributed by atoms with Gasteiger partial charge < -0.3 is 15.3 Å². The lowest BCUT2D eigenvalue weighted by atomic mass is 10.1. The molecule has 0 spiro atoms. The van der Waals surface area contributed by atoms with Crippen LogP contribution < -0.4 is 10.2 Å². The molecular weight excluding hydrogens is 330 g/mol. The molecule has 1 aliphatic heterocycles. The molecule has 3 rings (SSSR count). The van der Waals surface area contributed by atoms with Crippen LogP contribution in [0, 0.1) is 0 Å². The first-order valence-electron chi connectivity index (χ1n) is 8.95. The van der Waals surface area contributed by atoms with Crippen molar-refractivity contribution >= 4 is 17.7 Å². The fourth-order valence-electron chi connectivity index (χ4n) is 3.09. The van der Waals surface area contributed by atoms with Crippen LogP contribution in [0.25, 0.3) is 0 Å². The van der Waals surface area contributed by atoms with E-state index in [4.69, 9.17) is 5.11 Å².